The van der Waals surface area contributed by atoms with Crippen LogP contribution in [0.5, 0.6) is 0 Å². The summed E-state index contributed by atoms with van der Waals surface area (Å²) in [6.07, 6.45) is -8.15. The van der Waals surface area contributed by atoms with Gasteiger partial charge in [0.05, 0.1) is 52.3 Å². The predicted molar refractivity (Wildman–Crippen MR) is 272 cm³/mol. The number of hydrazine groups is 2. The standard InChI is InChI=1S/C52H89F2N5O14S/c1-15-40-52(10,65)45(61)33(6)58(12)26-29(2)23-50(8,64)47(31(4)43(32(5)48(63)71-40)72-41-24-51(9,68-14)46(62)34(7)70-41)73-49-42(60)38(22-30(3)69-49)57(11)21-20-36-27-59(56-55-36)39(25-53)44(67-13)35-16-18-37(19-17-35)74(66)28-54/h16-19,27,29-34,38-47,49,55-56,60-62,64-65H,15,20-26,28H2,1-14H3/t29-,30-,31+,32-,33-,34+,38+,39-,40-,41+,42-,43+,44-,45-,46+,47-,49+,50-,51-,52-,74?/m1/s1. The Kier molecular flexibility index (Phi) is 22.3. The van der Waals surface area contributed by atoms with E-state index in [1.165, 1.54) is 21.1 Å². The summed E-state index contributed by atoms with van der Waals surface area (Å²) in [7, 11) is 4.86. The summed E-state index contributed by atoms with van der Waals surface area (Å²) in [5, 5.41) is 61.4. The van der Waals surface area contributed by atoms with E-state index in [1.54, 1.807) is 83.9 Å². The molecule has 0 saturated carbocycles. The number of carbonyl (C=O) groups excluding carboxylic acids is 1. The summed E-state index contributed by atoms with van der Waals surface area (Å²) in [6, 6.07) is 3.45. The Morgan fingerprint density at radius 1 is 0.973 bits per heavy atom. The van der Waals surface area contributed by atoms with Crippen molar-refractivity contribution in [2.45, 2.75) is 209 Å². The second kappa shape index (κ2) is 26.4. The SMILES string of the molecule is CC[C@H]1OC(=O)[C@H](C)[C@@H](O[C@H]2C[C@@](C)(OC)[C@@H](O)[C@H](C)O2)[C@H](C)[C@@H](O[C@@H]2O[C@H](C)C[C@H](N(C)CCC3=CN([C@H](CF)[C@H](OC)c4ccc(S(=O)CF)cc4)NN3)[C@H]2O)[C@](C)(O)C[C@@H](C)CN(C)[C@H](C)[C@@H](O)[C@]1(C)O. The number of carbonyl (C=O) groups is 1. The van der Waals surface area contributed by atoms with E-state index in [9.17, 15) is 43.3 Å². The highest BCUT2D eigenvalue weighted by Crippen LogP contribution is 2.40. The number of cyclic esters (lactones) is 1. The molecule has 7 N–H and O–H groups in total. The predicted octanol–water partition coefficient (Wildman–Crippen LogP) is 3.59. The average Bonchev–Trinajstić information content (AvgIpc) is 3.84. The Labute approximate surface area is 439 Å². The number of nitrogens with zero attached hydrogens (tertiary/aromatic N) is 3. The minimum atomic E-state index is -1.86. The van der Waals surface area contributed by atoms with Crippen LogP contribution < -0.4 is 11.0 Å². The molecule has 0 bridgehead atoms. The Balaban J connectivity index is 1.43. The van der Waals surface area contributed by atoms with E-state index < -0.39 is 144 Å². The second-order valence-electron chi connectivity index (χ2n) is 22.1. The van der Waals surface area contributed by atoms with E-state index in [1.807, 2.05) is 37.7 Å². The van der Waals surface area contributed by atoms with Crippen LogP contribution in [0, 0.1) is 17.8 Å². The van der Waals surface area contributed by atoms with Gasteiger partial charge in [0.1, 0.15) is 48.8 Å². The highest BCUT2D eigenvalue weighted by molar-refractivity contribution is 7.84. The lowest BCUT2D eigenvalue weighted by Crippen LogP contribution is -2.61. The van der Waals surface area contributed by atoms with Crippen molar-refractivity contribution in [1.29, 1.82) is 0 Å². The first-order chi connectivity index (χ1) is 34.7. The van der Waals surface area contributed by atoms with Gasteiger partial charge in [0.2, 0.25) is 0 Å². The van der Waals surface area contributed by atoms with Crippen molar-refractivity contribution in [2.75, 3.05) is 54.1 Å². The number of aliphatic hydroxyl groups is 5. The highest BCUT2D eigenvalue weighted by atomic mass is 32.2. The molecule has 74 heavy (non-hydrogen) atoms. The Hall–Kier alpha value is -2.52. The molecule has 4 aliphatic rings. The minimum absolute atomic E-state index is 0.0745. The minimum Gasteiger partial charge on any atom is -0.459 e. The number of hydrogen-bond acceptors (Lipinski definition) is 19. The molecule has 0 radical (unpaired) electrons. The molecular weight excluding hydrogens is 989 g/mol. The van der Waals surface area contributed by atoms with Gasteiger partial charge in [-0.15, -0.1) is 5.53 Å². The lowest BCUT2D eigenvalue weighted by Gasteiger charge is -2.49. The Morgan fingerprint density at radius 2 is 1.64 bits per heavy atom. The van der Waals surface area contributed by atoms with Gasteiger partial charge in [-0.25, -0.2) is 8.78 Å². The van der Waals surface area contributed by atoms with E-state index >= 15 is 0 Å². The van der Waals surface area contributed by atoms with Gasteiger partial charge >= 0.3 is 5.97 Å². The lowest BCUT2D eigenvalue weighted by molar-refractivity contribution is -0.318. The molecule has 426 valence electrons. The van der Waals surface area contributed by atoms with Gasteiger partial charge in [-0.3, -0.25) is 14.0 Å². The third-order valence-electron chi connectivity index (χ3n) is 16.2. The molecule has 5 rings (SSSR count). The van der Waals surface area contributed by atoms with E-state index in [0.717, 1.165) is 5.70 Å². The number of aliphatic hydroxyl groups excluding tert-OH is 3. The van der Waals surface area contributed by atoms with Crippen LogP contribution >= 0.6 is 0 Å². The van der Waals surface area contributed by atoms with Gasteiger partial charge in [-0.1, -0.05) is 32.9 Å². The van der Waals surface area contributed by atoms with Crippen LogP contribution in [0.4, 0.5) is 8.78 Å². The summed E-state index contributed by atoms with van der Waals surface area (Å²) in [5.74, 6) is -2.92. The smallest absolute Gasteiger partial charge is 0.311 e. The molecule has 1 aromatic rings. The number of ether oxygens (including phenoxy) is 7. The molecule has 4 heterocycles. The average molecular weight is 1080 g/mol. The molecule has 3 fully saturated rings. The van der Waals surface area contributed by atoms with Crippen LogP contribution in [-0.4, -0.2) is 201 Å². The summed E-state index contributed by atoms with van der Waals surface area (Å²) in [5.41, 5.74) is 2.86. The highest BCUT2D eigenvalue weighted by Gasteiger charge is 2.53. The first-order valence-corrected chi connectivity index (χ1v) is 27.4. The molecule has 0 amide bonds. The van der Waals surface area contributed by atoms with Crippen molar-refractivity contribution in [1.82, 2.24) is 25.8 Å². The van der Waals surface area contributed by atoms with Gasteiger partial charge in [-0.05, 0) is 105 Å². The number of halogens is 2. The molecule has 3 saturated heterocycles. The zero-order valence-corrected chi connectivity index (χ0v) is 46.8. The van der Waals surface area contributed by atoms with Crippen LogP contribution in [0.3, 0.4) is 0 Å². The maximum Gasteiger partial charge on any atom is 0.311 e. The summed E-state index contributed by atoms with van der Waals surface area (Å²) in [6.45, 7) is 17.4. The summed E-state index contributed by atoms with van der Waals surface area (Å²) in [4.78, 5) is 18.7. The number of rotatable bonds is 17. The van der Waals surface area contributed by atoms with Gasteiger partial charge in [0.15, 0.2) is 18.6 Å². The van der Waals surface area contributed by atoms with Crippen molar-refractivity contribution in [2.24, 2.45) is 17.8 Å². The maximum atomic E-state index is 14.8. The van der Waals surface area contributed by atoms with Gasteiger partial charge in [0, 0.05) is 74.9 Å². The van der Waals surface area contributed by atoms with Gasteiger partial charge in [-0.2, -0.15) is 0 Å². The van der Waals surface area contributed by atoms with Crippen molar-refractivity contribution in [3.05, 3.63) is 41.7 Å². The molecule has 19 nitrogen and oxygen atoms in total. The number of methoxy groups -OCH3 is 2. The van der Waals surface area contributed by atoms with E-state index in [2.05, 4.69) is 11.0 Å². The van der Waals surface area contributed by atoms with Gasteiger partial charge in [0.25, 0.3) is 0 Å². The first-order valence-electron chi connectivity index (χ1n) is 26.1. The van der Waals surface area contributed by atoms with Crippen LogP contribution in [0.25, 0.3) is 0 Å². The molecule has 4 aliphatic heterocycles. The summed E-state index contributed by atoms with van der Waals surface area (Å²) >= 11 is 0. The number of hydrogen-bond donors (Lipinski definition) is 7. The molecule has 21 atom stereocenters. The first kappa shape index (κ1) is 62.3. The third-order valence-corrected chi connectivity index (χ3v) is 17.2. The molecule has 0 aromatic heterocycles. The Bertz CT molecular complexity index is 2000. The number of likely N-dealkylation sites (N-methyl/N-ethyl adjacent to an activating group) is 2. The van der Waals surface area contributed by atoms with Crippen LogP contribution in [0.15, 0.2) is 41.1 Å². The number of nitrogens with one attached hydrogen (secondary N) is 2. The second-order valence-corrected chi connectivity index (χ2v) is 23.5. The third kappa shape index (κ3) is 14.4. The number of alkyl halides is 2. The van der Waals surface area contributed by atoms with Crippen molar-refractivity contribution in [3.8, 4) is 0 Å². The molecule has 0 spiro atoms. The summed E-state index contributed by atoms with van der Waals surface area (Å²) < 4.78 is 83.8. The van der Waals surface area contributed by atoms with Gasteiger partial charge < -0.3 is 73.9 Å². The quantitative estimate of drug-likeness (QED) is 0.111. The molecular formula is C52H89F2N5O14S. The van der Waals surface area contributed by atoms with Crippen LogP contribution in [0.1, 0.15) is 113 Å². The van der Waals surface area contributed by atoms with Crippen LogP contribution in [0.2, 0.25) is 0 Å². The zero-order valence-electron chi connectivity index (χ0n) is 46.0. The molecule has 0 aliphatic carbocycles. The van der Waals surface area contributed by atoms with Crippen molar-refractivity contribution < 1.29 is 76.5 Å². The number of benzene rings is 1. The van der Waals surface area contributed by atoms with Crippen molar-refractivity contribution >= 4 is 16.8 Å². The van der Waals surface area contributed by atoms with E-state index in [0.29, 0.717) is 36.4 Å². The maximum absolute atomic E-state index is 14.8. The van der Waals surface area contributed by atoms with E-state index in [-0.39, 0.29) is 25.2 Å². The fourth-order valence-electron chi connectivity index (χ4n) is 11.5. The van der Waals surface area contributed by atoms with Crippen LogP contribution in [-0.2, 0) is 48.8 Å². The Morgan fingerprint density at radius 3 is 2.23 bits per heavy atom. The normalized spacial score (nSPS) is 40.6. The van der Waals surface area contributed by atoms with E-state index in [4.69, 9.17) is 33.2 Å². The largest absolute Gasteiger partial charge is 0.459 e. The monoisotopic (exact) mass is 1080 g/mol. The fraction of sp³-hybridized carbons (Fsp3) is 0.827. The lowest BCUT2D eigenvalue weighted by atomic mass is 9.77. The molecule has 1 unspecified atom stereocenters. The number of esters is 1. The molecule has 1 aromatic carbocycles. The van der Waals surface area contributed by atoms with Crippen molar-refractivity contribution in [3.63, 3.8) is 0 Å². The zero-order chi connectivity index (χ0) is 55.2. The topological polar surface area (TPSA) is 234 Å². The fourth-order valence-corrected chi connectivity index (χ4v) is 12.1. The molecule has 22 heteroatoms.